The molecule has 9 nitrogen and oxygen atoms in total. The number of carbonyl (C=O) groups is 3. The van der Waals surface area contributed by atoms with Crippen LogP contribution in [0.15, 0.2) is 65.8 Å². The van der Waals surface area contributed by atoms with E-state index in [0.717, 1.165) is 0 Å². The molecule has 2 heterocycles. The number of nitrogens with zero attached hydrogens (tertiary/aromatic N) is 2. The number of methoxy groups -OCH3 is 1. The molecule has 0 radical (unpaired) electrons. The number of hydrogen-bond acceptors (Lipinski definition) is 6. The lowest BCUT2D eigenvalue weighted by atomic mass is 9.78. The second kappa shape index (κ2) is 10.4. The van der Waals surface area contributed by atoms with Crippen LogP contribution < -0.4 is 10.5 Å². The Hall–Kier alpha value is -4.44. The van der Waals surface area contributed by atoms with E-state index in [2.05, 4.69) is 5.16 Å². The number of oxime groups is 1. The molecule has 1 unspecified atom stereocenters. The number of nitrogens with two attached hydrogens (primary N) is 1. The summed E-state index contributed by atoms with van der Waals surface area (Å²) in [7, 11) is 1.47. The van der Waals surface area contributed by atoms with Gasteiger partial charge in [-0.15, -0.1) is 0 Å². The molecule has 0 saturated heterocycles. The normalized spacial score (nSPS) is 20.0. The van der Waals surface area contributed by atoms with Crippen molar-refractivity contribution in [3.63, 3.8) is 0 Å². The lowest BCUT2D eigenvalue weighted by Crippen LogP contribution is -2.50. The van der Waals surface area contributed by atoms with E-state index in [-0.39, 0.29) is 34.8 Å². The maximum absolute atomic E-state index is 14.6. The van der Waals surface area contributed by atoms with Crippen molar-refractivity contribution >= 4 is 35.1 Å². The number of benzene rings is 3. The van der Waals surface area contributed by atoms with Crippen molar-refractivity contribution in [3.8, 4) is 5.75 Å². The van der Waals surface area contributed by atoms with Crippen molar-refractivity contribution in [1.82, 2.24) is 4.90 Å². The van der Waals surface area contributed by atoms with E-state index >= 15 is 0 Å². The first kappa shape index (κ1) is 26.2. The third-order valence-corrected chi connectivity index (χ3v) is 7.27. The molecule has 0 fully saturated rings. The largest absolute Gasteiger partial charge is 0.496 e. The molecule has 0 bridgehead atoms. The first-order valence-electron chi connectivity index (χ1n) is 12.0. The van der Waals surface area contributed by atoms with Crippen LogP contribution in [-0.2, 0) is 14.4 Å². The van der Waals surface area contributed by atoms with Crippen LogP contribution in [-0.4, -0.2) is 53.3 Å². The first-order valence-corrected chi connectivity index (χ1v) is 12.4. The van der Waals surface area contributed by atoms with Gasteiger partial charge in [-0.05, 0) is 35.4 Å². The second-order valence-electron chi connectivity index (χ2n) is 9.14. The topological polar surface area (TPSA) is 132 Å². The van der Waals surface area contributed by atoms with E-state index in [1.165, 1.54) is 30.2 Å². The standard InChI is InChI=1S/C28H23ClFN3O6/c1-38-21-11-5-9-17-23(21)18(14-6-2-3-7-15(14)28(36)37)13-33(25(17)26(31)34)27(35)22-12-20(32-39-22)16-8-4-10-19(29)24(16)30/h2-11,18,22,25H,12-13H2,1H3,(H2,31,34)(H,36,37)/t18?,22-,25+/m1/s1. The highest BCUT2D eigenvalue weighted by Gasteiger charge is 2.45. The molecule has 3 aromatic rings. The molecule has 2 aliphatic rings. The van der Waals surface area contributed by atoms with Gasteiger partial charge in [0.25, 0.3) is 5.91 Å². The number of halogens is 2. The Bertz CT molecular complexity index is 1530. The van der Waals surface area contributed by atoms with Crippen molar-refractivity contribution < 1.29 is 33.5 Å². The molecule has 0 aromatic heterocycles. The Labute approximate surface area is 227 Å². The smallest absolute Gasteiger partial charge is 0.335 e. The summed E-state index contributed by atoms with van der Waals surface area (Å²) in [6.45, 7) is -0.0924. The highest BCUT2D eigenvalue weighted by Crippen LogP contribution is 2.45. The van der Waals surface area contributed by atoms with Crippen LogP contribution in [0.3, 0.4) is 0 Å². The maximum atomic E-state index is 14.6. The van der Waals surface area contributed by atoms with Gasteiger partial charge in [0.05, 0.1) is 23.4 Å². The summed E-state index contributed by atoms with van der Waals surface area (Å²) >= 11 is 5.90. The molecular formula is C28H23ClFN3O6. The van der Waals surface area contributed by atoms with E-state index in [4.69, 9.17) is 26.9 Å². The van der Waals surface area contributed by atoms with Gasteiger partial charge in [0.15, 0.2) is 5.82 Å². The lowest BCUT2D eigenvalue weighted by Gasteiger charge is -2.41. The van der Waals surface area contributed by atoms with Crippen LogP contribution in [0, 0.1) is 5.82 Å². The number of ether oxygens (including phenoxy) is 1. The van der Waals surface area contributed by atoms with Crippen molar-refractivity contribution in [3.05, 3.63) is 99.3 Å². The number of rotatable bonds is 6. The summed E-state index contributed by atoms with van der Waals surface area (Å²) < 4.78 is 20.2. The molecule has 200 valence electrons. The Morgan fingerprint density at radius 3 is 2.54 bits per heavy atom. The molecule has 3 aromatic carbocycles. The monoisotopic (exact) mass is 551 g/mol. The first-order chi connectivity index (χ1) is 18.7. The third-order valence-electron chi connectivity index (χ3n) is 6.98. The Kier molecular flexibility index (Phi) is 6.96. The number of carbonyl (C=O) groups excluding carboxylic acids is 2. The molecule has 3 atom stereocenters. The third kappa shape index (κ3) is 4.57. The Morgan fingerprint density at radius 1 is 1.10 bits per heavy atom. The summed E-state index contributed by atoms with van der Waals surface area (Å²) in [5.74, 6) is -3.47. The van der Waals surface area contributed by atoms with Crippen LogP contribution >= 0.6 is 11.6 Å². The number of aromatic carboxylic acids is 1. The minimum Gasteiger partial charge on any atom is -0.496 e. The Balaban J connectivity index is 1.56. The molecule has 3 N–H and O–H groups in total. The summed E-state index contributed by atoms with van der Waals surface area (Å²) in [5.41, 5.74) is 7.56. The SMILES string of the molecule is COc1cccc2c1C(c1ccccc1C(=O)O)CN(C(=O)[C@H]1CC(c3cccc(Cl)c3F)=NO1)[C@@H]2C(N)=O. The lowest BCUT2D eigenvalue weighted by molar-refractivity contribution is -0.149. The van der Waals surface area contributed by atoms with Crippen LogP contribution in [0.1, 0.15) is 51.0 Å². The zero-order valence-electron chi connectivity index (χ0n) is 20.6. The molecule has 39 heavy (non-hydrogen) atoms. The maximum Gasteiger partial charge on any atom is 0.335 e. The van der Waals surface area contributed by atoms with Gasteiger partial charge < -0.3 is 25.3 Å². The zero-order valence-corrected chi connectivity index (χ0v) is 21.4. The fraction of sp³-hybridized carbons (Fsp3) is 0.214. The summed E-state index contributed by atoms with van der Waals surface area (Å²) in [6, 6.07) is 14.7. The highest BCUT2D eigenvalue weighted by atomic mass is 35.5. The van der Waals surface area contributed by atoms with Crippen LogP contribution in [0.25, 0.3) is 0 Å². The molecule has 2 aliphatic heterocycles. The summed E-state index contributed by atoms with van der Waals surface area (Å²) in [5, 5.41) is 13.7. The zero-order chi connectivity index (χ0) is 27.8. The van der Waals surface area contributed by atoms with Gasteiger partial charge in [0.2, 0.25) is 12.0 Å². The number of carboxylic acid groups (broad SMARTS) is 1. The van der Waals surface area contributed by atoms with Gasteiger partial charge in [-0.3, -0.25) is 9.59 Å². The van der Waals surface area contributed by atoms with Crippen LogP contribution in [0.5, 0.6) is 5.75 Å². The van der Waals surface area contributed by atoms with E-state index in [0.29, 0.717) is 22.4 Å². The molecule has 0 aliphatic carbocycles. The minimum absolute atomic E-state index is 0.0449. The number of carboxylic acids is 1. The van der Waals surface area contributed by atoms with Crippen molar-refractivity contribution in [2.45, 2.75) is 24.5 Å². The van der Waals surface area contributed by atoms with Gasteiger partial charge in [0, 0.05) is 30.0 Å². The molecule has 0 saturated carbocycles. The molecule has 5 rings (SSSR count). The van der Waals surface area contributed by atoms with E-state index < -0.39 is 41.7 Å². The van der Waals surface area contributed by atoms with Gasteiger partial charge in [-0.2, -0.15) is 0 Å². The molecule has 0 spiro atoms. The van der Waals surface area contributed by atoms with Crippen LogP contribution in [0.2, 0.25) is 5.02 Å². The molecule has 2 amide bonds. The van der Waals surface area contributed by atoms with Crippen molar-refractivity contribution in [2.75, 3.05) is 13.7 Å². The highest BCUT2D eigenvalue weighted by molar-refractivity contribution is 6.31. The van der Waals surface area contributed by atoms with E-state index in [1.807, 2.05) is 0 Å². The van der Waals surface area contributed by atoms with Crippen molar-refractivity contribution in [1.29, 1.82) is 0 Å². The quantitative estimate of drug-likeness (QED) is 0.478. The number of hydrogen-bond donors (Lipinski definition) is 2. The van der Waals surface area contributed by atoms with Gasteiger partial charge in [-0.1, -0.05) is 53.2 Å². The van der Waals surface area contributed by atoms with E-state index in [1.54, 1.807) is 42.5 Å². The summed E-state index contributed by atoms with van der Waals surface area (Å²) in [4.78, 5) is 45.4. The number of primary amides is 1. The fourth-order valence-corrected chi connectivity index (χ4v) is 5.44. The Morgan fingerprint density at radius 2 is 1.82 bits per heavy atom. The number of amides is 2. The molecule has 11 heteroatoms. The predicted octanol–water partition coefficient (Wildman–Crippen LogP) is 3.88. The van der Waals surface area contributed by atoms with Crippen LogP contribution in [0.4, 0.5) is 4.39 Å². The van der Waals surface area contributed by atoms with Gasteiger partial charge >= 0.3 is 5.97 Å². The average Bonchev–Trinajstić information content (AvgIpc) is 3.42. The van der Waals surface area contributed by atoms with Crippen molar-refractivity contribution in [2.24, 2.45) is 10.9 Å². The fourth-order valence-electron chi connectivity index (χ4n) is 5.27. The molecular weight excluding hydrogens is 529 g/mol. The summed E-state index contributed by atoms with van der Waals surface area (Å²) in [6.07, 6.45) is -1.23. The van der Waals surface area contributed by atoms with Gasteiger partial charge in [-0.25, -0.2) is 9.18 Å². The number of fused-ring (bicyclic) bond motifs is 1. The minimum atomic E-state index is -1.19. The van der Waals surface area contributed by atoms with E-state index in [9.17, 15) is 23.9 Å². The average molecular weight is 552 g/mol. The second-order valence-corrected chi connectivity index (χ2v) is 9.55. The predicted molar refractivity (Wildman–Crippen MR) is 139 cm³/mol. The van der Waals surface area contributed by atoms with Gasteiger partial charge in [0.1, 0.15) is 11.8 Å².